The van der Waals surface area contributed by atoms with E-state index in [0.717, 1.165) is 5.56 Å². The Balaban J connectivity index is 1.66. The average Bonchev–Trinajstić information content (AvgIpc) is 3.17. The molecular weight excluding hydrogens is 369 g/mol. The smallest absolute Gasteiger partial charge is 0.255 e. The fourth-order valence-corrected chi connectivity index (χ4v) is 3.84. The van der Waals surface area contributed by atoms with Crippen LogP contribution in [0.1, 0.15) is 11.5 Å². The molecule has 27 heavy (non-hydrogen) atoms. The molecule has 2 atom stereocenters. The van der Waals surface area contributed by atoms with Gasteiger partial charge in [-0.05, 0) is 17.7 Å². The molecule has 0 bridgehead atoms. The van der Waals surface area contributed by atoms with Crippen LogP contribution in [-0.4, -0.2) is 24.0 Å². The molecular formula is C20H17ClFN3O2. The molecule has 2 aromatic carbocycles. The minimum absolute atomic E-state index is 0.00339. The number of aromatic nitrogens is 1. The molecule has 1 fully saturated rings. The van der Waals surface area contributed by atoms with Crippen molar-refractivity contribution in [2.75, 3.05) is 18.4 Å². The van der Waals surface area contributed by atoms with Crippen LogP contribution in [0.2, 0.25) is 5.02 Å². The first-order valence-corrected chi connectivity index (χ1v) is 9.00. The number of halogens is 2. The first kappa shape index (κ1) is 17.7. The van der Waals surface area contributed by atoms with Gasteiger partial charge in [-0.2, -0.15) is 0 Å². The van der Waals surface area contributed by atoms with E-state index >= 15 is 0 Å². The third-order valence-corrected chi connectivity index (χ3v) is 5.29. The van der Waals surface area contributed by atoms with Crippen LogP contribution in [0, 0.1) is 11.7 Å². The first-order valence-electron chi connectivity index (χ1n) is 8.62. The zero-order valence-electron chi connectivity index (χ0n) is 14.3. The summed E-state index contributed by atoms with van der Waals surface area (Å²) in [5.41, 5.74) is 0.521. The van der Waals surface area contributed by atoms with Gasteiger partial charge in [-0.15, -0.1) is 0 Å². The van der Waals surface area contributed by atoms with Crippen molar-refractivity contribution >= 4 is 34.0 Å². The maximum atomic E-state index is 14.9. The van der Waals surface area contributed by atoms with Gasteiger partial charge < -0.3 is 15.6 Å². The van der Waals surface area contributed by atoms with Gasteiger partial charge in [0.2, 0.25) is 5.91 Å². The van der Waals surface area contributed by atoms with Gasteiger partial charge in [-0.1, -0.05) is 41.9 Å². The van der Waals surface area contributed by atoms with Crippen molar-refractivity contribution < 1.29 is 9.18 Å². The van der Waals surface area contributed by atoms with Crippen LogP contribution in [0.3, 0.4) is 0 Å². The number of carbonyl (C=O) groups excluding carboxylic acids is 1. The van der Waals surface area contributed by atoms with Crippen molar-refractivity contribution in [1.29, 1.82) is 0 Å². The van der Waals surface area contributed by atoms with Gasteiger partial charge >= 0.3 is 0 Å². The largest absolute Gasteiger partial charge is 0.329 e. The van der Waals surface area contributed by atoms with Crippen LogP contribution in [0.4, 0.5) is 10.1 Å². The monoisotopic (exact) mass is 385 g/mol. The summed E-state index contributed by atoms with van der Waals surface area (Å²) in [4.78, 5) is 27.2. The van der Waals surface area contributed by atoms with E-state index in [2.05, 4.69) is 15.6 Å². The zero-order valence-corrected chi connectivity index (χ0v) is 15.0. The highest BCUT2D eigenvalue weighted by Gasteiger charge is 2.34. The molecule has 7 heteroatoms. The molecule has 0 saturated carbocycles. The number of amides is 1. The molecule has 1 aliphatic heterocycles. The molecule has 1 aromatic heterocycles. The average molecular weight is 386 g/mol. The summed E-state index contributed by atoms with van der Waals surface area (Å²) in [6.45, 7) is 1.17. The van der Waals surface area contributed by atoms with Crippen molar-refractivity contribution in [1.82, 2.24) is 10.3 Å². The molecule has 0 spiro atoms. The van der Waals surface area contributed by atoms with Gasteiger partial charge in [-0.3, -0.25) is 9.59 Å². The second-order valence-electron chi connectivity index (χ2n) is 6.59. The van der Waals surface area contributed by atoms with Crippen LogP contribution >= 0.6 is 11.6 Å². The lowest BCUT2D eigenvalue weighted by Gasteiger charge is -2.19. The molecule has 5 nitrogen and oxygen atoms in total. The second kappa shape index (κ2) is 7.13. The minimum atomic E-state index is -0.709. The number of anilines is 1. The van der Waals surface area contributed by atoms with E-state index < -0.39 is 11.4 Å². The normalized spacial score (nSPS) is 19.3. The number of benzene rings is 2. The maximum Gasteiger partial charge on any atom is 0.255 e. The van der Waals surface area contributed by atoms with Crippen molar-refractivity contribution in [2.24, 2.45) is 5.92 Å². The number of carbonyl (C=O) groups is 1. The van der Waals surface area contributed by atoms with E-state index in [9.17, 15) is 14.0 Å². The molecule has 138 valence electrons. The lowest BCUT2D eigenvalue weighted by molar-refractivity contribution is -0.119. The van der Waals surface area contributed by atoms with E-state index in [0.29, 0.717) is 13.1 Å². The number of H-pyrrole nitrogens is 1. The molecule has 0 aliphatic carbocycles. The highest BCUT2D eigenvalue weighted by molar-refractivity contribution is 6.34. The third-order valence-electron chi connectivity index (χ3n) is 4.99. The van der Waals surface area contributed by atoms with Crippen LogP contribution in [0.15, 0.2) is 53.5 Å². The third kappa shape index (κ3) is 3.22. The summed E-state index contributed by atoms with van der Waals surface area (Å²) in [6.07, 6.45) is 1.36. The molecule has 3 aromatic rings. The number of hydrogen-bond acceptors (Lipinski definition) is 3. The van der Waals surface area contributed by atoms with Crippen LogP contribution in [0.25, 0.3) is 10.8 Å². The summed E-state index contributed by atoms with van der Waals surface area (Å²) in [5, 5.41) is 6.10. The molecule has 4 rings (SSSR count). The SMILES string of the molecule is O=C(Nc1c(Cl)cc2c(=O)[nH]ccc2c1F)[C@H]1CNC[C@@H]1c1ccccc1. The van der Waals surface area contributed by atoms with Gasteiger partial charge in [0, 0.05) is 30.6 Å². The second-order valence-corrected chi connectivity index (χ2v) is 6.99. The van der Waals surface area contributed by atoms with Gasteiger partial charge in [0.05, 0.1) is 22.0 Å². The first-order chi connectivity index (χ1) is 13.1. The standard InChI is InChI=1S/C20H17ClFN3O2/c21-16-8-13-12(6-7-24-19(13)26)17(22)18(16)25-20(27)15-10-23-9-14(15)11-4-2-1-3-5-11/h1-8,14-15,23H,9-10H2,(H,24,26)(H,25,27)/t14-,15+/m1/s1. The fraction of sp³-hybridized carbons (Fsp3) is 0.200. The predicted molar refractivity (Wildman–Crippen MR) is 104 cm³/mol. The fourth-order valence-electron chi connectivity index (χ4n) is 3.60. The number of aromatic amines is 1. The van der Waals surface area contributed by atoms with Crippen molar-refractivity contribution in [3.05, 3.63) is 75.4 Å². The number of hydrogen-bond donors (Lipinski definition) is 3. The Bertz CT molecular complexity index is 1070. The molecule has 1 amide bonds. The minimum Gasteiger partial charge on any atom is -0.329 e. The number of nitrogens with one attached hydrogen (secondary N) is 3. The van der Waals surface area contributed by atoms with E-state index in [-0.39, 0.29) is 39.2 Å². The Hall–Kier alpha value is -2.70. The van der Waals surface area contributed by atoms with Gasteiger partial charge in [0.25, 0.3) is 5.56 Å². The zero-order chi connectivity index (χ0) is 19.0. The quantitative estimate of drug-likeness (QED) is 0.648. The molecule has 1 saturated heterocycles. The summed E-state index contributed by atoms with van der Waals surface area (Å²) in [6, 6.07) is 12.6. The van der Waals surface area contributed by atoms with Crippen LogP contribution < -0.4 is 16.2 Å². The van der Waals surface area contributed by atoms with E-state index in [1.165, 1.54) is 18.3 Å². The number of pyridine rings is 1. The molecule has 2 heterocycles. The lowest BCUT2D eigenvalue weighted by atomic mass is 9.88. The summed E-state index contributed by atoms with van der Waals surface area (Å²) < 4.78 is 14.9. The Labute approximate surface area is 159 Å². The lowest BCUT2D eigenvalue weighted by Crippen LogP contribution is -2.28. The Morgan fingerprint density at radius 1 is 1.15 bits per heavy atom. The molecule has 0 radical (unpaired) electrons. The van der Waals surface area contributed by atoms with Crippen LogP contribution in [0.5, 0.6) is 0 Å². The van der Waals surface area contributed by atoms with Crippen molar-refractivity contribution in [3.63, 3.8) is 0 Å². The van der Waals surface area contributed by atoms with Crippen molar-refractivity contribution in [3.8, 4) is 0 Å². The van der Waals surface area contributed by atoms with E-state index in [1.54, 1.807) is 0 Å². The Morgan fingerprint density at radius 2 is 1.93 bits per heavy atom. The topological polar surface area (TPSA) is 74.0 Å². The Kier molecular flexibility index (Phi) is 4.68. The summed E-state index contributed by atoms with van der Waals surface area (Å²) in [5.74, 6) is -1.37. The molecule has 3 N–H and O–H groups in total. The van der Waals surface area contributed by atoms with E-state index in [1.807, 2.05) is 30.3 Å². The van der Waals surface area contributed by atoms with Gasteiger partial charge in [-0.25, -0.2) is 4.39 Å². The summed E-state index contributed by atoms with van der Waals surface area (Å²) in [7, 11) is 0. The van der Waals surface area contributed by atoms with Crippen LogP contribution in [-0.2, 0) is 4.79 Å². The molecule has 0 unspecified atom stereocenters. The highest BCUT2D eigenvalue weighted by atomic mass is 35.5. The number of rotatable bonds is 3. The van der Waals surface area contributed by atoms with Gasteiger partial charge in [0.1, 0.15) is 0 Å². The number of fused-ring (bicyclic) bond motifs is 1. The maximum absolute atomic E-state index is 14.9. The summed E-state index contributed by atoms with van der Waals surface area (Å²) >= 11 is 6.16. The predicted octanol–water partition coefficient (Wildman–Crippen LogP) is 3.26. The van der Waals surface area contributed by atoms with E-state index in [4.69, 9.17) is 11.6 Å². The highest BCUT2D eigenvalue weighted by Crippen LogP contribution is 2.33. The van der Waals surface area contributed by atoms with Crippen molar-refractivity contribution in [2.45, 2.75) is 5.92 Å². The molecule has 1 aliphatic rings. The van der Waals surface area contributed by atoms with Gasteiger partial charge in [0.15, 0.2) is 5.82 Å². The Morgan fingerprint density at radius 3 is 2.70 bits per heavy atom.